The minimum Gasteiger partial charge on any atom is -0.422 e. The van der Waals surface area contributed by atoms with Gasteiger partial charge in [-0.15, -0.1) is 0 Å². The topological polar surface area (TPSA) is 70.1 Å². The monoisotopic (exact) mass is 249 g/mol. The average molecular weight is 249 g/mol. The number of rotatable bonds is 3. The summed E-state index contributed by atoms with van der Waals surface area (Å²) in [4.78, 5) is 11.9. The lowest BCUT2D eigenvalue weighted by Crippen LogP contribution is -2.16. The maximum Gasteiger partial charge on any atom is 0.364 e. The maximum atomic E-state index is 12.7. The highest BCUT2D eigenvalue weighted by molar-refractivity contribution is 5.94. The summed E-state index contributed by atoms with van der Waals surface area (Å²) in [5, 5.41) is 3.94. The van der Waals surface area contributed by atoms with Gasteiger partial charge < -0.3 is 10.5 Å². The molecule has 94 valence electrons. The summed E-state index contributed by atoms with van der Waals surface area (Å²) in [6, 6.07) is 5.17. The number of nitrogen functional groups attached to an aromatic ring is 1. The molecule has 0 unspecified atom stereocenters. The number of ether oxygens (including phenoxy) is 1. The summed E-state index contributed by atoms with van der Waals surface area (Å²) in [7, 11) is 0. The van der Waals surface area contributed by atoms with E-state index in [0.717, 1.165) is 0 Å². The summed E-state index contributed by atoms with van der Waals surface area (Å²) in [5.41, 5.74) is 6.10. The molecule has 5 nitrogen and oxygen atoms in total. The molecule has 6 heteroatoms. The molecule has 1 aromatic heterocycles. The van der Waals surface area contributed by atoms with Gasteiger partial charge in [-0.05, 0) is 31.2 Å². The molecule has 18 heavy (non-hydrogen) atoms. The molecule has 2 rings (SSSR count). The van der Waals surface area contributed by atoms with Crippen molar-refractivity contribution >= 4 is 11.7 Å². The summed E-state index contributed by atoms with van der Waals surface area (Å²) < 4.78 is 19.2. The Kier molecular flexibility index (Phi) is 3.27. The zero-order valence-electron chi connectivity index (χ0n) is 9.76. The molecule has 0 radical (unpaired) electrons. The van der Waals surface area contributed by atoms with Gasteiger partial charge in [-0.2, -0.15) is 5.10 Å². The highest BCUT2D eigenvalue weighted by Gasteiger charge is 2.18. The number of carbonyl (C=O) groups excluding carboxylic acids is 1. The van der Waals surface area contributed by atoms with E-state index in [1.54, 1.807) is 0 Å². The van der Waals surface area contributed by atoms with E-state index in [4.69, 9.17) is 10.5 Å². The number of nitrogens with two attached hydrogens (primary N) is 1. The zero-order chi connectivity index (χ0) is 13.1. The molecule has 0 saturated carbocycles. The van der Waals surface area contributed by atoms with Gasteiger partial charge in [-0.3, -0.25) is 4.68 Å². The molecule has 0 spiro atoms. The van der Waals surface area contributed by atoms with Crippen molar-refractivity contribution in [3.63, 3.8) is 0 Å². The Labute approximate surface area is 103 Å². The summed E-state index contributed by atoms with van der Waals surface area (Å²) in [5.74, 6) is -0.754. The first-order valence-electron chi connectivity index (χ1n) is 5.41. The Morgan fingerprint density at radius 3 is 2.72 bits per heavy atom. The van der Waals surface area contributed by atoms with E-state index in [2.05, 4.69) is 5.10 Å². The van der Waals surface area contributed by atoms with Gasteiger partial charge >= 0.3 is 5.97 Å². The molecule has 0 aliphatic carbocycles. The minimum absolute atomic E-state index is 0.196. The van der Waals surface area contributed by atoms with Crippen LogP contribution >= 0.6 is 0 Å². The third-order valence-corrected chi connectivity index (χ3v) is 2.38. The van der Waals surface area contributed by atoms with E-state index in [9.17, 15) is 9.18 Å². The SMILES string of the molecule is CCn1ncc(N)c1C(=O)Oc1ccc(F)cc1. The number of halogens is 1. The molecule has 0 aliphatic rings. The minimum atomic E-state index is -0.613. The van der Waals surface area contributed by atoms with Gasteiger partial charge in [0, 0.05) is 6.54 Å². The zero-order valence-corrected chi connectivity index (χ0v) is 9.76. The first-order valence-corrected chi connectivity index (χ1v) is 5.41. The van der Waals surface area contributed by atoms with Gasteiger partial charge in [-0.25, -0.2) is 9.18 Å². The number of nitrogens with zero attached hydrogens (tertiary/aromatic N) is 2. The molecule has 0 atom stereocenters. The van der Waals surface area contributed by atoms with Gasteiger partial charge in [0.1, 0.15) is 11.6 Å². The first-order chi connectivity index (χ1) is 8.61. The lowest BCUT2D eigenvalue weighted by molar-refractivity contribution is 0.0723. The number of aromatic nitrogens is 2. The second-order valence-electron chi connectivity index (χ2n) is 3.61. The van der Waals surface area contributed by atoms with Crippen molar-refractivity contribution in [2.45, 2.75) is 13.5 Å². The molecule has 2 N–H and O–H groups in total. The number of carbonyl (C=O) groups is 1. The number of benzene rings is 1. The second kappa shape index (κ2) is 4.87. The van der Waals surface area contributed by atoms with Gasteiger partial charge in [0.2, 0.25) is 0 Å². The predicted octanol–water partition coefficient (Wildman–Crippen LogP) is 1.84. The lowest BCUT2D eigenvalue weighted by atomic mass is 10.3. The van der Waals surface area contributed by atoms with Crippen LogP contribution in [0.4, 0.5) is 10.1 Å². The molecular weight excluding hydrogens is 237 g/mol. The van der Waals surface area contributed by atoms with E-state index < -0.39 is 11.8 Å². The molecule has 1 heterocycles. The molecule has 0 fully saturated rings. The Bertz CT molecular complexity index is 563. The van der Waals surface area contributed by atoms with Crippen LogP contribution in [0.2, 0.25) is 0 Å². The molecule has 2 aromatic rings. The van der Waals surface area contributed by atoms with Crippen LogP contribution in [0.1, 0.15) is 17.4 Å². The van der Waals surface area contributed by atoms with E-state index in [-0.39, 0.29) is 17.1 Å². The van der Waals surface area contributed by atoms with E-state index >= 15 is 0 Å². The third-order valence-electron chi connectivity index (χ3n) is 2.38. The molecular formula is C12H12FN3O2. The van der Waals surface area contributed by atoms with E-state index in [1.165, 1.54) is 35.1 Å². The van der Waals surface area contributed by atoms with Crippen molar-refractivity contribution in [3.8, 4) is 5.75 Å². The predicted molar refractivity (Wildman–Crippen MR) is 63.7 cm³/mol. The van der Waals surface area contributed by atoms with E-state index in [0.29, 0.717) is 6.54 Å². The van der Waals surface area contributed by atoms with Crippen molar-refractivity contribution in [2.24, 2.45) is 0 Å². The fourth-order valence-electron chi connectivity index (χ4n) is 1.52. The fraction of sp³-hybridized carbons (Fsp3) is 0.167. The Morgan fingerprint density at radius 2 is 2.11 bits per heavy atom. The standard InChI is InChI=1S/C12H12FN3O2/c1-2-16-11(10(14)7-15-16)12(17)18-9-5-3-8(13)4-6-9/h3-7H,2,14H2,1H3. The quantitative estimate of drug-likeness (QED) is 0.665. The van der Waals surface area contributed by atoms with Crippen molar-refractivity contribution < 1.29 is 13.9 Å². The van der Waals surface area contributed by atoms with Gasteiger partial charge in [0.05, 0.1) is 11.9 Å². The van der Waals surface area contributed by atoms with E-state index in [1.807, 2.05) is 6.92 Å². The molecule has 0 saturated heterocycles. The fourth-order valence-corrected chi connectivity index (χ4v) is 1.52. The molecule has 0 bridgehead atoms. The van der Waals surface area contributed by atoms with Crippen LogP contribution in [-0.2, 0) is 6.54 Å². The average Bonchev–Trinajstić information content (AvgIpc) is 2.73. The lowest BCUT2D eigenvalue weighted by Gasteiger charge is -2.06. The van der Waals surface area contributed by atoms with Crippen LogP contribution in [0, 0.1) is 5.82 Å². The largest absolute Gasteiger partial charge is 0.422 e. The summed E-state index contributed by atoms with van der Waals surface area (Å²) in [6.07, 6.45) is 1.39. The molecule has 1 aromatic carbocycles. The number of anilines is 1. The number of esters is 1. The van der Waals surface area contributed by atoms with Gasteiger partial charge in [0.25, 0.3) is 0 Å². The summed E-state index contributed by atoms with van der Waals surface area (Å²) in [6.45, 7) is 2.34. The molecule has 0 aliphatic heterocycles. The Balaban J connectivity index is 2.21. The summed E-state index contributed by atoms with van der Waals surface area (Å²) >= 11 is 0. The normalized spacial score (nSPS) is 10.3. The van der Waals surface area contributed by atoms with Crippen LogP contribution in [0.5, 0.6) is 5.75 Å². The van der Waals surface area contributed by atoms with Crippen LogP contribution in [0.25, 0.3) is 0 Å². The van der Waals surface area contributed by atoms with Crippen molar-refractivity contribution in [1.82, 2.24) is 9.78 Å². The number of hydrogen-bond donors (Lipinski definition) is 1. The van der Waals surface area contributed by atoms with Crippen molar-refractivity contribution in [1.29, 1.82) is 0 Å². The van der Waals surface area contributed by atoms with Crippen molar-refractivity contribution in [2.75, 3.05) is 5.73 Å². The van der Waals surface area contributed by atoms with Crippen molar-refractivity contribution in [3.05, 3.63) is 42.0 Å². The smallest absolute Gasteiger partial charge is 0.364 e. The van der Waals surface area contributed by atoms with Gasteiger partial charge in [-0.1, -0.05) is 0 Å². The third kappa shape index (κ3) is 2.32. The first kappa shape index (κ1) is 12.1. The van der Waals surface area contributed by atoms with Crippen LogP contribution in [-0.4, -0.2) is 15.7 Å². The number of hydrogen-bond acceptors (Lipinski definition) is 4. The van der Waals surface area contributed by atoms with Crippen LogP contribution in [0.3, 0.4) is 0 Å². The maximum absolute atomic E-state index is 12.7. The van der Waals surface area contributed by atoms with Crippen LogP contribution < -0.4 is 10.5 Å². The highest BCUT2D eigenvalue weighted by Crippen LogP contribution is 2.16. The number of aryl methyl sites for hydroxylation is 1. The highest BCUT2D eigenvalue weighted by atomic mass is 19.1. The van der Waals surface area contributed by atoms with Gasteiger partial charge in [0.15, 0.2) is 5.69 Å². The molecule has 0 amide bonds. The Morgan fingerprint density at radius 1 is 1.44 bits per heavy atom. The Hall–Kier alpha value is -2.37. The second-order valence-corrected chi connectivity index (χ2v) is 3.61. The van der Waals surface area contributed by atoms with Crippen LogP contribution in [0.15, 0.2) is 30.5 Å².